The Morgan fingerprint density at radius 1 is 1.07 bits per heavy atom. The first-order valence-corrected chi connectivity index (χ1v) is 9.75. The number of ether oxygens (including phenoxy) is 1. The molecule has 7 heteroatoms. The van der Waals surface area contributed by atoms with Crippen LogP contribution in [-0.4, -0.2) is 38.7 Å². The van der Waals surface area contributed by atoms with Crippen molar-refractivity contribution in [1.82, 2.24) is 4.31 Å². The number of rotatable bonds is 4. The zero-order chi connectivity index (χ0) is 19.8. The molecular formula is C20H20N2O4S. The lowest BCUT2D eigenvalue weighted by molar-refractivity contribution is -0.129. The number of carbonyl (C=O) groups is 1. The van der Waals surface area contributed by atoms with Gasteiger partial charge in [0.15, 0.2) is 5.70 Å². The van der Waals surface area contributed by atoms with Crippen LogP contribution in [0, 0.1) is 13.8 Å². The number of sulfonamides is 1. The van der Waals surface area contributed by atoms with E-state index >= 15 is 0 Å². The number of aliphatic imine (C=N–C) groups is 1. The van der Waals surface area contributed by atoms with E-state index in [2.05, 4.69) is 4.99 Å². The molecule has 0 bridgehead atoms. The van der Waals surface area contributed by atoms with Crippen LogP contribution < -0.4 is 0 Å². The van der Waals surface area contributed by atoms with Crippen molar-refractivity contribution in [3.05, 3.63) is 70.4 Å². The standard InChI is InChI=1S/C20H20N2O4S/c1-13-8-9-15(14(2)10-13)12-18-20(23)26-19(21-18)16-6-5-7-17(11-16)27(24,25)22(3)4/h5-12H,1-4H3. The summed E-state index contributed by atoms with van der Waals surface area (Å²) < 4.78 is 31.0. The van der Waals surface area contributed by atoms with Crippen LogP contribution in [0.15, 0.2) is 58.0 Å². The summed E-state index contributed by atoms with van der Waals surface area (Å²) in [5.41, 5.74) is 3.64. The fraction of sp³-hybridized carbons (Fsp3) is 0.200. The lowest BCUT2D eigenvalue weighted by atomic mass is 10.0. The molecule has 0 unspecified atom stereocenters. The summed E-state index contributed by atoms with van der Waals surface area (Å²) in [6.07, 6.45) is 1.67. The molecule has 2 aromatic rings. The van der Waals surface area contributed by atoms with E-state index in [1.54, 1.807) is 18.2 Å². The molecule has 27 heavy (non-hydrogen) atoms. The van der Waals surface area contributed by atoms with Crippen molar-refractivity contribution in [2.24, 2.45) is 4.99 Å². The third kappa shape index (κ3) is 3.84. The predicted molar refractivity (Wildman–Crippen MR) is 104 cm³/mol. The predicted octanol–water partition coefficient (Wildman–Crippen LogP) is 2.90. The molecule has 0 fully saturated rings. The van der Waals surface area contributed by atoms with Gasteiger partial charge in [-0.15, -0.1) is 0 Å². The van der Waals surface area contributed by atoms with Crippen LogP contribution in [0.5, 0.6) is 0 Å². The van der Waals surface area contributed by atoms with Crippen LogP contribution in [0.4, 0.5) is 0 Å². The Bertz CT molecular complexity index is 1080. The minimum Gasteiger partial charge on any atom is -0.402 e. The van der Waals surface area contributed by atoms with Gasteiger partial charge >= 0.3 is 5.97 Å². The molecule has 6 nitrogen and oxygen atoms in total. The normalized spacial score (nSPS) is 16.0. The van der Waals surface area contributed by atoms with Crippen molar-refractivity contribution in [3.63, 3.8) is 0 Å². The maximum absolute atomic E-state index is 12.3. The SMILES string of the molecule is Cc1ccc(C=C2N=C(c3cccc(S(=O)(=O)N(C)C)c3)OC2=O)c(C)c1. The molecule has 0 radical (unpaired) electrons. The first kappa shape index (κ1) is 19.0. The molecule has 1 aliphatic rings. The largest absolute Gasteiger partial charge is 0.402 e. The van der Waals surface area contributed by atoms with E-state index < -0.39 is 16.0 Å². The monoisotopic (exact) mass is 384 g/mol. The number of nitrogens with zero attached hydrogens (tertiary/aromatic N) is 2. The highest BCUT2D eigenvalue weighted by atomic mass is 32.2. The van der Waals surface area contributed by atoms with Crippen molar-refractivity contribution in [2.75, 3.05) is 14.1 Å². The second kappa shape index (κ2) is 7.09. The number of hydrogen-bond acceptors (Lipinski definition) is 5. The Hall–Kier alpha value is -2.77. The van der Waals surface area contributed by atoms with Crippen molar-refractivity contribution in [3.8, 4) is 0 Å². The van der Waals surface area contributed by atoms with E-state index in [1.165, 1.54) is 26.2 Å². The lowest BCUT2D eigenvalue weighted by Gasteiger charge is -2.11. The fourth-order valence-corrected chi connectivity index (χ4v) is 3.62. The van der Waals surface area contributed by atoms with Gasteiger partial charge in [0, 0.05) is 19.7 Å². The smallest absolute Gasteiger partial charge is 0.363 e. The third-order valence-electron chi connectivity index (χ3n) is 4.20. The number of benzene rings is 2. The highest BCUT2D eigenvalue weighted by Crippen LogP contribution is 2.23. The van der Waals surface area contributed by atoms with E-state index in [0.29, 0.717) is 5.56 Å². The molecule has 0 aliphatic carbocycles. The zero-order valence-corrected chi connectivity index (χ0v) is 16.4. The highest BCUT2D eigenvalue weighted by molar-refractivity contribution is 7.89. The second-order valence-electron chi connectivity index (χ2n) is 6.51. The summed E-state index contributed by atoms with van der Waals surface area (Å²) in [5.74, 6) is -0.474. The van der Waals surface area contributed by atoms with Gasteiger partial charge in [-0.1, -0.05) is 29.8 Å². The van der Waals surface area contributed by atoms with Crippen LogP contribution in [0.25, 0.3) is 6.08 Å². The molecule has 0 saturated heterocycles. The van der Waals surface area contributed by atoms with Gasteiger partial charge in [-0.2, -0.15) is 0 Å². The molecule has 2 aromatic carbocycles. The number of hydrogen-bond donors (Lipinski definition) is 0. The molecule has 0 amide bonds. The van der Waals surface area contributed by atoms with Crippen LogP contribution in [0.3, 0.4) is 0 Å². The van der Waals surface area contributed by atoms with Gasteiger partial charge in [-0.05, 0) is 49.2 Å². The number of carbonyl (C=O) groups excluding carboxylic acids is 1. The van der Waals surface area contributed by atoms with Crippen molar-refractivity contribution >= 4 is 28.0 Å². The van der Waals surface area contributed by atoms with Gasteiger partial charge in [0.05, 0.1) is 4.90 Å². The topological polar surface area (TPSA) is 76.0 Å². The minimum atomic E-state index is -3.59. The maximum Gasteiger partial charge on any atom is 0.363 e. The van der Waals surface area contributed by atoms with Gasteiger partial charge in [0.2, 0.25) is 15.9 Å². The first-order valence-electron chi connectivity index (χ1n) is 8.31. The maximum atomic E-state index is 12.3. The van der Waals surface area contributed by atoms with E-state index in [1.807, 2.05) is 32.0 Å². The average molecular weight is 384 g/mol. The molecule has 140 valence electrons. The van der Waals surface area contributed by atoms with E-state index in [9.17, 15) is 13.2 Å². The summed E-state index contributed by atoms with van der Waals surface area (Å²) in [6.45, 7) is 3.96. The van der Waals surface area contributed by atoms with Crippen LogP contribution in [-0.2, 0) is 19.6 Å². The van der Waals surface area contributed by atoms with E-state index in [-0.39, 0.29) is 16.5 Å². The Morgan fingerprint density at radius 3 is 2.48 bits per heavy atom. The first-order chi connectivity index (χ1) is 12.7. The van der Waals surface area contributed by atoms with Crippen molar-refractivity contribution in [2.45, 2.75) is 18.7 Å². The second-order valence-corrected chi connectivity index (χ2v) is 8.66. The molecule has 0 saturated carbocycles. The summed E-state index contributed by atoms with van der Waals surface area (Å²) in [6, 6.07) is 12.1. The lowest BCUT2D eigenvalue weighted by Crippen LogP contribution is -2.22. The molecule has 1 aliphatic heterocycles. The Balaban J connectivity index is 1.99. The Labute approximate surface area is 158 Å². The van der Waals surface area contributed by atoms with Crippen molar-refractivity contribution < 1.29 is 17.9 Å². The summed E-state index contributed by atoms with van der Waals surface area (Å²) >= 11 is 0. The van der Waals surface area contributed by atoms with Crippen LogP contribution in [0.2, 0.25) is 0 Å². The molecule has 1 heterocycles. The number of esters is 1. The van der Waals surface area contributed by atoms with Gasteiger partial charge in [-0.3, -0.25) is 0 Å². The zero-order valence-electron chi connectivity index (χ0n) is 15.6. The quantitative estimate of drug-likeness (QED) is 0.600. The number of aryl methyl sites for hydroxylation is 2. The van der Waals surface area contributed by atoms with Crippen molar-refractivity contribution in [1.29, 1.82) is 0 Å². The van der Waals surface area contributed by atoms with Gasteiger partial charge in [0.25, 0.3) is 0 Å². The van der Waals surface area contributed by atoms with E-state index in [4.69, 9.17) is 4.74 Å². The molecular weight excluding hydrogens is 364 g/mol. The Kier molecular flexibility index (Phi) is 4.99. The third-order valence-corrected chi connectivity index (χ3v) is 6.01. The molecule has 0 spiro atoms. The molecule has 3 rings (SSSR count). The average Bonchev–Trinajstić information content (AvgIpc) is 2.98. The fourth-order valence-electron chi connectivity index (χ4n) is 2.67. The van der Waals surface area contributed by atoms with Gasteiger partial charge < -0.3 is 4.74 Å². The van der Waals surface area contributed by atoms with Gasteiger partial charge in [-0.25, -0.2) is 22.5 Å². The van der Waals surface area contributed by atoms with Gasteiger partial charge in [0.1, 0.15) is 0 Å². The number of cyclic esters (lactones) is 1. The molecule has 0 atom stereocenters. The van der Waals surface area contributed by atoms with Crippen LogP contribution in [0.1, 0.15) is 22.3 Å². The summed E-state index contributed by atoms with van der Waals surface area (Å²) in [5, 5.41) is 0. The minimum absolute atomic E-state index is 0.0896. The summed E-state index contributed by atoms with van der Waals surface area (Å²) in [4.78, 5) is 16.6. The highest BCUT2D eigenvalue weighted by Gasteiger charge is 2.26. The molecule has 0 N–H and O–H groups in total. The summed E-state index contributed by atoms with van der Waals surface area (Å²) in [7, 11) is -0.675. The van der Waals surface area contributed by atoms with E-state index in [0.717, 1.165) is 21.0 Å². The molecule has 0 aromatic heterocycles. The van der Waals surface area contributed by atoms with Crippen LogP contribution >= 0.6 is 0 Å². The Morgan fingerprint density at radius 2 is 1.81 bits per heavy atom.